The summed E-state index contributed by atoms with van der Waals surface area (Å²) in [6.45, 7) is 8.15. The molecule has 7 heteroatoms. The van der Waals surface area contributed by atoms with Crippen molar-refractivity contribution < 1.29 is 14.3 Å². The first kappa shape index (κ1) is 25.0. The Bertz CT molecular complexity index is 897. The number of carbonyl (C=O) groups excluding carboxylic acids is 2. The van der Waals surface area contributed by atoms with Gasteiger partial charge in [0.2, 0.25) is 5.91 Å². The lowest BCUT2D eigenvalue weighted by Crippen LogP contribution is -2.49. The lowest BCUT2D eigenvalue weighted by atomic mass is 10.1. The van der Waals surface area contributed by atoms with Gasteiger partial charge in [0.1, 0.15) is 11.8 Å². The van der Waals surface area contributed by atoms with Gasteiger partial charge in [-0.2, -0.15) is 0 Å². The van der Waals surface area contributed by atoms with E-state index in [2.05, 4.69) is 12.2 Å². The zero-order valence-electron chi connectivity index (χ0n) is 18.5. The number of unbranched alkanes of at least 4 members (excludes halogenated alkanes) is 1. The molecule has 0 aliphatic heterocycles. The van der Waals surface area contributed by atoms with E-state index in [-0.39, 0.29) is 25.0 Å². The molecule has 31 heavy (non-hydrogen) atoms. The number of ether oxygens (including phenoxy) is 1. The van der Waals surface area contributed by atoms with Crippen LogP contribution in [-0.2, 0) is 16.1 Å². The fourth-order valence-corrected chi connectivity index (χ4v) is 3.59. The van der Waals surface area contributed by atoms with Gasteiger partial charge < -0.3 is 15.0 Å². The van der Waals surface area contributed by atoms with Crippen LogP contribution in [0, 0.1) is 13.8 Å². The molecule has 2 aromatic rings. The first-order valence-corrected chi connectivity index (χ1v) is 11.2. The van der Waals surface area contributed by atoms with E-state index < -0.39 is 6.04 Å². The van der Waals surface area contributed by atoms with Crippen molar-refractivity contribution in [3.05, 3.63) is 63.1 Å². The minimum atomic E-state index is -0.709. The van der Waals surface area contributed by atoms with Crippen LogP contribution in [0.5, 0.6) is 5.75 Å². The Kier molecular flexibility index (Phi) is 9.66. The normalized spacial score (nSPS) is 11.7. The van der Waals surface area contributed by atoms with Crippen molar-refractivity contribution in [2.75, 3.05) is 13.2 Å². The summed E-state index contributed by atoms with van der Waals surface area (Å²) in [5.41, 5.74) is 2.65. The SMILES string of the molecule is CCCCNC(=O)[C@H](C)N(Cc1c(Cl)cccc1Cl)C(=O)COc1cccc(C)c1C. The Morgan fingerprint density at radius 2 is 1.74 bits per heavy atom. The first-order chi connectivity index (χ1) is 14.8. The molecule has 0 fully saturated rings. The standard InChI is InChI=1S/C24H30Cl2N2O3/c1-5-6-13-27-24(30)18(4)28(14-19-20(25)10-8-11-21(19)26)23(29)15-31-22-12-7-9-16(2)17(22)3/h7-12,18H,5-6,13-15H2,1-4H3,(H,27,30)/t18-/m0/s1. The molecule has 168 valence electrons. The van der Waals surface area contributed by atoms with Gasteiger partial charge in [0.05, 0.1) is 0 Å². The van der Waals surface area contributed by atoms with Crippen LogP contribution in [0.25, 0.3) is 0 Å². The summed E-state index contributed by atoms with van der Waals surface area (Å²) in [5, 5.41) is 3.77. The zero-order valence-corrected chi connectivity index (χ0v) is 20.0. The van der Waals surface area contributed by atoms with Crippen LogP contribution in [0.15, 0.2) is 36.4 Å². The summed E-state index contributed by atoms with van der Waals surface area (Å²) >= 11 is 12.6. The monoisotopic (exact) mass is 464 g/mol. The Morgan fingerprint density at radius 3 is 2.39 bits per heavy atom. The molecule has 0 bridgehead atoms. The summed E-state index contributed by atoms with van der Waals surface area (Å²) in [5.74, 6) is 0.0934. The minimum absolute atomic E-state index is 0.107. The van der Waals surface area contributed by atoms with Crippen LogP contribution in [0.4, 0.5) is 0 Å². The molecule has 5 nitrogen and oxygen atoms in total. The smallest absolute Gasteiger partial charge is 0.261 e. The fourth-order valence-electron chi connectivity index (χ4n) is 3.08. The summed E-state index contributed by atoms with van der Waals surface area (Å²) in [4.78, 5) is 27.3. The molecule has 0 heterocycles. The third-order valence-electron chi connectivity index (χ3n) is 5.29. The molecule has 1 N–H and O–H groups in total. The van der Waals surface area contributed by atoms with Gasteiger partial charge >= 0.3 is 0 Å². The highest BCUT2D eigenvalue weighted by Gasteiger charge is 2.27. The molecular weight excluding hydrogens is 435 g/mol. The molecule has 2 aromatic carbocycles. The number of aryl methyl sites for hydroxylation is 1. The molecule has 2 amide bonds. The van der Waals surface area contributed by atoms with E-state index in [0.717, 1.165) is 24.0 Å². The lowest BCUT2D eigenvalue weighted by Gasteiger charge is -2.29. The topological polar surface area (TPSA) is 58.6 Å². The fraction of sp³-hybridized carbons (Fsp3) is 0.417. The molecule has 2 rings (SSSR count). The molecule has 0 saturated heterocycles. The maximum Gasteiger partial charge on any atom is 0.261 e. The van der Waals surface area contributed by atoms with E-state index >= 15 is 0 Å². The van der Waals surface area contributed by atoms with Gasteiger partial charge in [-0.1, -0.05) is 54.7 Å². The zero-order chi connectivity index (χ0) is 23.0. The van der Waals surface area contributed by atoms with Crippen LogP contribution in [0.1, 0.15) is 43.4 Å². The summed E-state index contributed by atoms with van der Waals surface area (Å²) in [7, 11) is 0. The number of hydrogen-bond donors (Lipinski definition) is 1. The maximum atomic E-state index is 13.2. The van der Waals surface area contributed by atoms with Gasteiger partial charge in [-0.05, 0) is 56.5 Å². The van der Waals surface area contributed by atoms with Crippen molar-refractivity contribution in [3.8, 4) is 5.75 Å². The first-order valence-electron chi connectivity index (χ1n) is 10.4. The number of hydrogen-bond acceptors (Lipinski definition) is 3. The molecule has 1 atom stereocenters. The van der Waals surface area contributed by atoms with Crippen LogP contribution >= 0.6 is 23.2 Å². The second-order valence-electron chi connectivity index (χ2n) is 7.53. The number of benzene rings is 2. The van der Waals surface area contributed by atoms with Gasteiger partial charge in [0, 0.05) is 28.7 Å². The van der Waals surface area contributed by atoms with Crippen molar-refractivity contribution in [2.45, 2.75) is 53.1 Å². The number of carbonyl (C=O) groups is 2. The average molecular weight is 465 g/mol. The second kappa shape index (κ2) is 12.0. The van der Waals surface area contributed by atoms with E-state index in [4.69, 9.17) is 27.9 Å². The second-order valence-corrected chi connectivity index (χ2v) is 8.34. The average Bonchev–Trinajstić information content (AvgIpc) is 2.74. The molecule has 0 unspecified atom stereocenters. The van der Waals surface area contributed by atoms with Gasteiger partial charge in [-0.15, -0.1) is 0 Å². The molecule has 0 saturated carbocycles. The van der Waals surface area contributed by atoms with Crippen molar-refractivity contribution >= 4 is 35.0 Å². The van der Waals surface area contributed by atoms with Gasteiger partial charge in [-0.3, -0.25) is 9.59 Å². The Balaban J connectivity index is 2.22. The Hall–Kier alpha value is -2.24. The number of halogens is 2. The van der Waals surface area contributed by atoms with Gasteiger partial charge in [0.25, 0.3) is 5.91 Å². The summed E-state index contributed by atoms with van der Waals surface area (Å²) in [6.07, 6.45) is 1.84. The predicted molar refractivity (Wildman–Crippen MR) is 126 cm³/mol. The molecule has 0 spiro atoms. The third-order valence-corrected chi connectivity index (χ3v) is 6.00. The highest BCUT2D eigenvalue weighted by Crippen LogP contribution is 2.27. The van der Waals surface area contributed by atoms with Crippen molar-refractivity contribution in [1.82, 2.24) is 10.2 Å². The molecule has 0 radical (unpaired) electrons. The molecule has 0 aromatic heterocycles. The van der Waals surface area contributed by atoms with Gasteiger partial charge in [-0.25, -0.2) is 0 Å². The Labute approximate surface area is 194 Å². The van der Waals surface area contributed by atoms with E-state index in [1.807, 2.05) is 32.0 Å². The quantitative estimate of drug-likeness (QED) is 0.483. The van der Waals surface area contributed by atoms with Crippen LogP contribution in [-0.4, -0.2) is 35.9 Å². The summed E-state index contributed by atoms with van der Waals surface area (Å²) in [6, 6.07) is 10.1. The molecule has 0 aliphatic carbocycles. The minimum Gasteiger partial charge on any atom is -0.483 e. The Morgan fingerprint density at radius 1 is 1.10 bits per heavy atom. The highest BCUT2D eigenvalue weighted by molar-refractivity contribution is 6.36. The van der Waals surface area contributed by atoms with E-state index in [1.54, 1.807) is 25.1 Å². The third kappa shape index (κ3) is 6.88. The highest BCUT2D eigenvalue weighted by atomic mass is 35.5. The van der Waals surface area contributed by atoms with Crippen molar-refractivity contribution in [1.29, 1.82) is 0 Å². The number of nitrogens with zero attached hydrogens (tertiary/aromatic N) is 1. The summed E-state index contributed by atoms with van der Waals surface area (Å²) < 4.78 is 5.80. The van der Waals surface area contributed by atoms with Crippen LogP contribution in [0.2, 0.25) is 10.0 Å². The van der Waals surface area contributed by atoms with Crippen LogP contribution in [0.3, 0.4) is 0 Å². The predicted octanol–water partition coefficient (Wildman–Crippen LogP) is 5.32. The molecule has 0 aliphatic rings. The van der Waals surface area contributed by atoms with Crippen LogP contribution < -0.4 is 10.1 Å². The largest absolute Gasteiger partial charge is 0.483 e. The lowest BCUT2D eigenvalue weighted by molar-refractivity contribution is -0.142. The number of amides is 2. The van der Waals surface area contributed by atoms with E-state index in [0.29, 0.717) is 27.9 Å². The maximum absolute atomic E-state index is 13.2. The van der Waals surface area contributed by atoms with E-state index in [9.17, 15) is 9.59 Å². The number of rotatable bonds is 10. The molecular formula is C24H30Cl2N2O3. The van der Waals surface area contributed by atoms with E-state index in [1.165, 1.54) is 4.90 Å². The number of nitrogens with one attached hydrogen (secondary N) is 1. The van der Waals surface area contributed by atoms with Crippen molar-refractivity contribution in [2.24, 2.45) is 0 Å². The van der Waals surface area contributed by atoms with Gasteiger partial charge in [0.15, 0.2) is 6.61 Å². The van der Waals surface area contributed by atoms with Crippen molar-refractivity contribution in [3.63, 3.8) is 0 Å².